The molecule has 7 aromatic carbocycles. The van der Waals surface area contributed by atoms with Crippen molar-refractivity contribution in [1.82, 2.24) is 39.0 Å². The van der Waals surface area contributed by atoms with E-state index in [-0.39, 0.29) is 28.7 Å². The van der Waals surface area contributed by atoms with Crippen molar-refractivity contribution in [3.05, 3.63) is 181 Å². The van der Waals surface area contributed by atoms with E-state index in [1.807, 2.05) is 102 Å². The van der Waals surface area contributed by atoms with Gasteiger partial charge < -0.3 is 0 Å². The van der Waals surface area contributed by atoms with Crippen molar-refractivity contribution in [3.8, 4) is 57.4 Å². The molecule has 11 aromatic rings. The largest absolute Gasteiger partial charge is 0.278 e. The van der Waals surface area contributed by atoms with Crippen LogP contribution in [0, 0.1) is 11.6 Å². The first kappa shape index (κ1) is 33.4. The van der Waals surface area contributed by atoms with Crippen molar-refractivity contribution in [3.63, 3.8) is 0 Å². The lowest BCUT2D eigenvalue weighted by atomic mass is 10.1. The van der Waals surface area contributed by atoms with Crippen LogP contribution in [0.5, 0.6) is 0 Å². The van der Waals surface area contributed by atoms with Crippen LogP contribution in [0.25, 0.3) is 101 Å². The summed E-state index contributed by atoms with van der Waals surface area (Å²) in [5, 5.41) is 3.81. The number of nitrogens with zero attached hydrogens (tertiary/aromatic N) is 8. The molecule has 0 atom stereocenters. The van der Waals surface area contributed by atoms with E-state index in [0.29, 0.717) is 17.6 Å². The first-order chi connectivity index (χ1) is 28.6. The Labute approximate surface area is 329 Å². The fourth-order valence-corrected chi connectivity index (χ4v) is 7.82. The third-order valence-corrected chi connectivity index (χ3v) is 10.4. The van der Waals surface area contributed by atoms with Gasteiger partial charge in [-0.05, 0) is 42.5 Å². The van der Waals surface area contributed by atoms with Crippen molar-refractivity contribution >= 4 is 43.6 Å². The maximum Gasteiger partial charge on any atom is 0.238 e. The zero-order valence-corrected chi connectivity index (χ0v) is 30.5. The van der Waals surface area contributed by atoms with E-state index < -0.39 is 11.6 Å². The molecule has 0 N–H and O–H groups in total. The Bertz CT molecular complexity index is 3260. The van der Waals surface area contributed by atoms with Gasteiger partial charge in [-0.2, -0.15) is 19.9 Å². The van der Waals surface area contributed by atoms with Crippen LogP contribution in [0.15, 0.2) is 170 Å². The highest BCUT2D eigenvalue weighted by atomic mass is 19.1. The fraction of sp³-hybridized carbons (Fsp3) is 0. The normalized spacial score (nSPS) is 11.6. The maximum absolute atomic E-state index is 15.4. The molecule has 0 spiro atoms. The van der Waals surface area contributed by atoms with Gasteiger partial charge in [0.1, 0.15) is 11.6 Å². The molecule has 0 fully saturated rings. The number of halogens is 2. The van der Waals surface area contributed by atoms with E-state index in [2.05, 4.69) is 33.8 Å². The molecule has 0 saturated heterocycles. The number of fused-ring (bicyclic) bond motifs is 7. The van der Waals surface area contributed by atoms with Crippen LogP contribution in [0.1, 0.15) is 0 Å². The van der Waals surface area contributed by atoms with Crippen LogP contribution in [0.2, 0.25) is 0 Å². The minimum Gasteiger partial charge on any atom is -0.278 e. The predicted octanol–water partition coefficient (Wildman–Crippen LogP) is 11.2. The maximum atomic E-state index is 15.4. The summed E-state index contributed by atoms with van der Waals surface area (Å²) in [5.74, 6) is 0.881. The average molecular weight is 755 g/mol. The molecule has 4 aromatic heterocycles. The highest BCUT2D eigenvalue weighted by molar-refractivity contribution is 6.26. The molecule has 4 heterocycles. The standard InChI is InChI=1S/C48H28F2N8/c49-36-23-11-7-20-33(36)45-52-46(34-21-8-12-24-37(34)50)56-47(55-45)57-39-26-14-10-22-35(39)41-40(57)28-27-32-31-19-9-13-25-38(31)58(42(32)41)48-53-43(29-15-3-1-4-16-29)51-44(54-48)30-17-5-2-6-18-30/h1-28H. The SMILES string of the molecule is Fc1ccccc1-c1nc(-c2ccccc2F)nc(-n2c3ccccc3c3c2ccc2c4ccccc4n(-c4nc(-c5ccccc5)nc(-c5ccccc5)n4)c23)n1. The van der Waals surface area contributed by atoms with E-state index in [1.54, 1.807) is 36.4 Å². The minimum absolute atomic E-state index is 0.0783. The van der Waals surface area contributed by atoms with E-state index in [0.717, 1.165) is 54.7 Å². The van der Waals surface area contributed by atoms with Crippen LogP contribution < -0.4 is 0 Å². The molecular formula is C48H28F2N8. The second-order valence-corrected chi connectivity index (χ2v) is 13.8. The van der Waals surface area contributed by atoms with Gasteiger partial charge in [-0.3, -0.25) is 9.13 Å². The number of hydrogen-bond donors (Lipinski definition) is 0. The molecule has 0 aliphatic heterocycles. The Balaban J connectivity index is 1.26. The second-order valence-electron chi connectivity index (χ2n) is 13.8. The van der Waals surface area contributed by atoms with Gasteiger partial charge >= 0.3 is 0 Å². The smallest absolute Gasteiger partial charge is 0.238 e. The molecule has 0 aliphatic carbocycles. The topological polar surface area (TPSA) is 87.2 Å². The quantitative estimate of drug-likeness (QED) is 0.168. The zero-order valence-electron chi connectivity index (χ0n) is 30.5. The van der Waals surface area contributed by atoms with Gasteiger partial charge in [-0.1, -0.05) is 127 Å². The highest BCUT2D eigenvalue weighted by Crippen LogP contribution is 2.42. The van der Waals surface area contributed by atoms with Crippen molar-refractivity contribution in [1.29, 1.82) is 0 Å². The molecule has 0 radical (unpaired) electrons. The van der Waals surface area contributed by atoms with Crippen molar-refractivity contribution in [2.24, 2.45) is 0 Å². The third kappa shape index (κ3) is 5.34. The predicted molar refractivity (Wildman–Crippen MR) is 224 cm³/mol. The summed E-state index contributed by atoms with van der Waals surface area (Å²) in [6, 6.07) is 52.7. The van der Waals surface area contributed by atoms with Gasteiger partial charge in [0, 0.05) is 32.7 Å². The van der Waals surface area contributed by atoms with Gasteiger partial charge in [0.15, 0.2) is 23.3 Å². The minimum atomic E-state index is -0.505. The van der Waals surface area contributed by atoms with Crippen molar-refractivity contribution in [2.75, 3.05) is 0 Å². The number of para-hydroxylation sites is 2. The summed E-state index contributed by atoms with van der Waals surface area (Å²) in [4.78, 5) is 29.7. The number of aromatic nitrogens is 8. The number of hydrogen-bond acceptors (Lipinski definition) is 6. The number of benzene rings is 7. The second kappa shape index (κ2) is 13.3. The zero-order chi connectivity index (χ0) is 38.7. The molecular weight excluding hydrogens is 727 g/mol. The molecule has 0 saturated carbocycles. The summed E-state index contributed by atoms with van der Waals surface area (Å²) in [7, 11) is 0. The van der Waals surface area contributed by atoms with E-state index >= 15 is 8.78 Å². The van der Waals surface area contributed by atoms with Gasteiger partial charge in [0.25, 0.3) is 0 Å². The lowest BCUT2D eigenvalue weighted by Gasteiger charge is -2.12. The fourth-order valence-electron chi connectivity index (χ4n) is 7.82. The average Bonchev–Trinajstić information content (AvgIpc) is 3.80. The van der Waals surface area contributed by atoms with E-state index in [9.17, 15) is 0 Å². The number of rotatable bonds is 6. The molecule has 11 rings (SSSR count). The molecule has 0 unspecified atom stereocenters. The Hall–Kier alpha value is -7.98. The van der Waals surface area contributed by atoms with Crippen LogP contribution in [0.3, 0.4) is 0 Å². The molecule has 58 heavy (non-hydrogen) atoms. The highest BCUT2D eigenvalue weighted by Gasteiger charge is 2.25. The summed E-state index contributed by atoms with van der Waals surface area (Å²) in [6.45, 7) is 0. The first-order valence-corrected chi connectivity index (χ1v) is 18.7. The Morgan fingerprint density at radius 2 is 0.776 bits per heavy atom. The summed E-state index contributed by atoms with van der Waals surface area (Å²) in [5.41, 5.74) is 5.40. The molecule has 8 nitrogen and oxygen atoms in total. The lowest BCUT2D eigenvalue weighted by Crippen LogP contribution is -2.07. The van der Waals surface area contributed by atoms with Gasteiger partial charge in [-0.25, -0.2) is 18.7 Å². The van der Waals surface area contributed by atoms with E-state index in [4.69, 9.17) is 24.9 Å². The monoisotopic (exact) mass is 754 g/mol. The molecule has 0 aliphatic rings. The Morgan fingerprint density at radius 1 is 0.328 bits per heavy atom. The summed E-state index contributed by atoms with van der Waals surface area (Å²) in [6.07, 6.45) is 0. The van der Waals surface area contributed by atoms with Crippen LogP contribution >= 0.6 is 0 Å². The summed E-state index contributed by atoms with van der Waals surface area (Å²) < 4.78 is 34.9. The molecule has 0 bridgehead atoms. The Kier molecular flexibility index (Phi) is 7.68. The lowest BCUT2D eigenvalue weighted by molar-refractivity contribution is 0.628. The van der Waals surface area contributed by atoms with Crippen LogP contribution in [0.4, 0.5) is 8.78 Å². The summed E-state index contributed by atoms with van der Waals surface area (Å²) >= 11 is 0. The van der Waals surface area contributed by atoms with Crippen LogP contribution in [-0.2, 0) is 0 Å². The molecule has 274 valence electrons. The van der Waals surface area contributed by atoms with Gasteiger partial charge in [0.05, 0.1) is 33.2 Å². The van der Waals surface area contributed by atoms with Gasteiger partial charge in [0.2, 0.25) is 11.9 Å². The Morgan fingerprint density at radius 3 is 1.36 bits per heavy atom. The molecule has 0 amide bonds. The van der Waals surface area contributed by atoms with E-state index in [1.165, 1.54) is 12.1 Å². The molecule has 10 heteroatoms. The van der Waals surface area contributed by atoms with Crippen molar-refractivity contribution < 1.29 is 8.78 Å². The van der Waals surface area contributed by atoms with Crippen molar-refractivity contribution in [2.45, 2.75) is 0 Å². The van der Waals surface area contributed by atoms with Crippen LogP contribution in [-0.4, -0.2) is 39.0 Å². The first-order valence-electron chi connectivity index (χ1n) is 18.7. The third-order valence-electron chi connectivity index (χ3n) is 10.4. The van der Waals surface area contributed by atoms with Gasteiger partial charge in [-0.15, -0.1) is 0 Å².